The molecule has 1 N–H and O–H groups in total. The summed E-state index contributed by atoms with van der Waals surface area (Å²) in [5.74, 6) is -0.995. The Bertz CT molecular complexity index is 480. The summed E-state index contributed by atoms with van der Waals surface area (Å²) in [4.78, 5) is 24.7. The SMILES string of the molecule is CN(C(=O)Cc1cccc(C(=O)O)c1)C1CCOC1. The second kappa shape index (κ2) is 5.84. The summed E-state index contributed by atoms with van der Waals surface area (Å²) in [6, 6.07) is 6.62. The Morgan fingerprint density at radius 2 is 2.26 bits per heavy atom. The lowest BCUT2D eigenvalue weighted by atomic mass is 10.1. The lowest BCUT2D eigenvalue weighted by Gasteiger charge is -2.23. The van der Waals surface area contributed by atoms with Gasteiger partial charge in [0.05, 0.1) is 24.6 Å². The van der Waals surface area contributed by atoms with Crippen molar-refractivity contribution in [1.82, 2.24) is 4.90 Å². The molecule has 0 aliphatic carbocycles. The summed E-state index contributed by atoms with van der Waals surface area (Å²) in [6.45, 7) is 1.27. The molecule has 5 heteroatoms. The second-order valence-corrected chi connectivity index (χ2v) is 4.70. The minimum absolute atomic E-state index is 0.0157. The van der Waals surface area contributed by atoms with E-state index in [4.69, 9.17) is 9.84 Å². The molecule has 102 valence electrons. The zero-order chi connectivity index (χ0) is 13.8. The van der Waals surface area contributed by atoms with Crippen molar-refractivity contribution >= 4 is 11.9 Å². The molecule has 5 nitrogen and oxygen atoms in total. The van der Waals surface area contributed by atoms with E-state index in [0.717, 1.165) is 12.0 Å². The van der Waals surface area contributed by atoms with Gasteiger partial charge in [-0.3, -0.25) is 4.79 Å². The van der Waals surface area contributed by atoms with Gasteiger partial charge in [-0.05, 0) is 24.1 Å². The van der Waals surface area contributed by atoms with Crippen molar-refractivity contribution in [3.63, 3.8) is 0 Å². The fourth-order valence-corrected chi connectivity index (χ4v) is 2.14. The van der Waals surface area contributed by atoms with E-state index < -0.39 is 5.97 Å². The van der Waals surface area contributed by atoms with Crippen molar-refractivity contribution in [2.75, 3.05) is 20.3 Å². The Labute approximate surface area is 111 Å². The van der Waals surface area contributed by atoms with Crippen molar-refractivity contribution < 1.29 is 19.4 Å². The summed E-state index contributed by atoms with van der Waals surface area (Å²) in [7, 11) is 1.77. The van der Waals surface area contributed by atoms with E-state index in [9.17, 15) is 9.59 Å². The third kappa shape index (κ3) is 3.32. The third-order valence-corrected chi connectivity index (χ3v) is 3.38. The maximum Gasteiger partial charge on any atom is 0.335 e. The number of nitrogens with zero attached hydrogens (tertiary/aromatic N) is 1. The van der Waals surface area contributed by atoms with E-state index in [1.165, 1.54) is 6.07 Å². The Balaban J connectivity index is 2.01. The topological polar surface area (TPSA) is 66.8 Å². The number of rotatable bonds is 4. The molecule has 0 spiro atoms. The number of likely N-dealkylation sites (N-methyl/N-ethyl adjacent to an activating group) is 1. The summed E-state index contributed by atoms with van der Waals surface area (Å²) in [6.07, 6.45) is 1.07. The number of carboxylic acids is 1. The van der Waals surface area contributed by atoms with Crippen LogP contribution >= 0.6 is 0 Å². The minimum atomic E-state index is -0.980. The van der Waals surface area contributed by atoms with Crippen LogP contribution in [0.25, 0.3) is 0 Å². The second-order valence-electron chi connectivity index (χ2n) is 4.70. The van der Waals surface area contributed by atoms with Crippen molar-refractivity contribution in [2.24, 2.45) is 0 Å². The van der Waals surface area contributed by atoms with Crippen LogP contribution in [0.5, 0.6) is 0 Å². The first-order valence-corrected chi connectivity index (χ1v) is 6.23. The molecule has 0 bridgehead atoms. The number of carboxylic acid groups (broad SMARTS) is 1. The standard InChI is InChI=1S/C14H17NO4/c1-15(12-5-6-19-9-12)13(16)8-10-3-2-4-11(7-10)14(17)18/h2-4,7,12H,5-6,8-9H2,1H3,(H,17,18). The molecular formula is C14H17NO4. The van der Waals surface area contributed by atoms with Crippen LogP contribution in [-0.2, 0) is 16.0 Å². The highest BCUT2D eigenvalue weighted by molar-refractivity contribution is 5.88. The number of aromatic carboxylic acids is 1. The molecule has 0 radical (unpaired) electrons. The summed E-state index contributed by atoms with van der Waals surface area (Å²) < 4.78 is 5.26. The zero-order valence-electron chi connectivity index (χ0n) is 10.8. The smallest absolute Gasteiger partial charge is 0.335 e. The Morgan fingerprint density at radius 1 is 1.47 bits per heavy atom. The van der Waals surface area contributed by atoms with E-state index in [1.54, 1.807) is 30.1 Å². The average molecular weight is 263 g/mol. The van der Waals surface area contributed by atoms with Gasteiger partial charge < -0.3 is 14.7 Å². The number of hydrogen-bond donors (Lipinski definition) is 1. The first kappa shape index (κ1) is 13.5. The Hall–Kier alpha value is -1.88. The number of amides is 1. The fraction of sp³-hybridized carbons (Fsp3) is 0.429. The van der Waals surface area contributed by atoms with Crippen molar-refractivity contribution in [1.29, 1.82) is 0 Å². The molecule has 1 amide bonds. The normalized spacial score (nSPS) is 18.3. The lowest BCUT2D eigenvalue weighted by molar-refractivity contribution is -0.131. The predicted octanol–water partition coefficient (Wildman–Crippen LogP) is 1.17. The molecule has 0 aromatic heterocycles. The van der Waals surface area contributed by atoms with Gasteiger partial charge in [0.25, 0.3) is 0 Å². The number of ether oxygens (including phenoxy) is 1. The van der Waals surface area contributed by atoms with Crippen LogP contribution in [0.4, 0.5) is 0 Å². The number of benzene rings is 1. The fourth-order valence-electron chi connectivity index (χ4n) is 2.14. The van der Waals surface area contributed by atoms with Gasteiger partial charge >= 0.3 is 5.97 Å². The highest BCUT2D eigenvalue weighted by Gasteiger charge is 2.24. The van der Waals surface area contributed by atoms with Gasteiger partial charge in [0.15, 0.2) is 0 Å². The maximum absolute atomic E-state index is 12.1. The number of carbonyl (C=O) groups is 2. The monoisotopic (exact) mass is 263 g/mol. The van der Waals surface area contributed by atoms with Crippen LogP contribution < -0.4 is 0 Å². The number of hydrogen-bond acceptors (Lipinski definition) is 3. The first-order valence-electron chi connectivity index (χ1n) is 6.23. The highest BCUT2D eigenvalue weighted by Crippen LogP contribution is 2.13. The van der Waals surface area contributed by atoms with E-state index in [-0.39, 0.29) is 23.9 Å². The molecule has 1 aromatic carbocycles. The lowest BCUT2D eigenvalue weighted by Crippen LogP contribution is -2.38. The molecule has 2 rings (SSSR count). The molecule has 1 atom stereocenters. The van der Waals surface area contributed by atoms with Crippen LogP contribution in [0, 0.1) is 0 Å². The van der Waals surface area contributed by atoms with Crippen LogP contribution in [0.2, 0.25) is 0 Å². The molecule has 1 aliphatic heterocycles. The molecule has 1 heterocycles. The third-order valence-electron chi connectivity index (χ3n) is 3.38. The largest absolute Gasteiger partial charge is 0.478 e. The summed E-state index contributed by atoms with van der Waals surface area (Å²) >= 11 is 0. The molecule has 0 saturated carbocycles. The van der Waals surface area contributed by atoms with Gasteiger partial charge in [0.1, 0.15) is 0 Å². The minimum Gasteiger partial charge on any atom is -0.478 e. The first-order chi connectivity index (χ1) is 9.08. The molecule has 19 heavy (non-hydrogen) atoms. The van der Waals surface area contributed by atoms with Gasteiger partial charge in [-0.2, -0.15) is 0 Å². The van der Waals surface area contributed by atoms with E-state index in [1.807, 2.05) is 0 Å². The Morgan fingerprint density at radius 3 is 2.89 bits per heavy atom. The molecule has 1 saturated heterocycles. The molecule has 1 aromatic rings. The molecule has 1 unspecified atom stereocenters. The summed E-state index contributed by atoms with van der Waals surface area (Å²) in [5.41, 5.74) is 0.924. The quantitative estimate of drug-likeness (QED) is 0.885. The molecular weight excluding hydrogens is 246 g/mol. The van der Waals surface area contributed by atoms with Crippen molar-refractivity contribution in [3.05, 3.63) is 35.4 Å². The predicted molar refractivity (Wildman–Crippen MR) is 69.1 cm³/mol. The van der Waals surface area contributed by atoms with Gasteiger partial charge in [0.2, 0.25) is 5.91 Å². The van der Waals surface area contributed by atoms with E-state index in [2.05, 4.69) is 0 Å². The van der Waals surface area contributed by atoms with E-state index in [0.29, 0.717) is 13.2 Å². The van der Waals surface area contributed by atoms with Crippen LogP contribution in [0.1, 0.15) is 22.3 Å². The maximum atomic E-state index is 12.1. The highest BCUT2D eigenvalue weighted by atomic mass is 16.5. The molecule has 1 fully saturated rings. The van der Waals surface area contributed by atoms with Crippen LogP contribution in [0.15, 0.2) is 24.3 Å². The van der Waals surface area contributed by atoms with E-state index >= 15 is 0 Å². The number of carbonyl (C=O) groups excluding carboxylic acids is 1. The Kier molecular flexibility index (Phi) is 4.16. The van der Waals surface area contributed by atoms with Gasteiger partial charge in [-0.1, -0.05) is 12.1 Å². The van der Waals surface area contributed by atoms with Crippen molar-refractivity contribution in [2.45, 2.75) is 18.9 Å². The van der Waals surface area contributed by atoms with Gasteiger partial charge in [0, 0.05) is 13.7 Å². The molecule has 1 aliphatic rings. The average Bonchev–Trinajstić information content (AvgIpc) is 2.92. The van der Waals surface area contributed by atoms with Gasteiger partial charge in [-0.25, -0.2) is 4.79 Å². The van der Waals surface area contributed by atoms with Crippen LogP contribution in [-0.4, -0.2) is 48.2 Å². The summed E-state index contributed by atoms with van der Waals surface area (Å²) in [5, 5.41) is 8.91. The van der Waals surface area contributed by atoms with Crippen LogP contribution in [0.3, 0.4) is 0 Å². The zero-order valence-corrected chi connectivity index (χ0v) is 10.8. The van der Waals surface area contributed by atoms with Gasteiger partial charge in [-0.15, -0.1) is 0 Å². The van der Waals surface area contributed by atoms with Crippen molar-refractivity contribution in [3.8, 4) is 0 Å².